The summed E-state index contributed by atoms with van der Waals surface area (Å²) in [4.78, 5) is 13.8. The van der Waals surface area contributed by atoms with E-state index in [0.29, 0.717) is 39.2 Å². The van der Waals surface area contributed by atoms with Crippen molar-refractivity contribution in [3.05, 3.63) is 0 Å². The molecule has 0 fully saturated rings. The molecule has 0 aromatic rings. The molecule has 0 aromatic heterocycles. The third-order valence-electron chi connectivity index (χ3n) is 5.02. The highest BCUT2D eigenvalue weighted by Gasteiger charge is 2.07. The Hall–Kier alpha value is -0.690. The number of hydrogen-bond donors (Lipinski definition) is 3. The summed E-state index contributed by atoms with van der Waals surface area (Å²) in [6.07, 6.45) is 12.9. The number of aliphatic hydroxyl groups is 2. The largest absolute Gasteiger partial charge is 0.395 e. The molecule has 0 aliphatic rings. The summed E-state index contributed by atoms with van der Waals surface area (Å²) in [6.45, 7) is 7.42. The third kappa shape index (κ3) is 18.7. The van der Waals surface area contributed by atoms with Crippen molar-refractivity contribution < 1.29 is 19.7 Å². The number of carbonyl (C=O) groups is 1. The van der Waals surface area contributed by atoms with Crippen LogP contribution in [-0.2, 0) is 9.53 Å². The van der Waals surface area contributed by atoms with Crippen LogP contribution in [0.4, 0.5) is 0 Å². The zero-order chi connectivity index (χ0) is 20.9. The van der Waals surface area contributed by atoms with Crippen LogP contribution < -0.4 is 5.32 Å². The number of carbonyl (C=O) groups excluding carboxylic acids is 1. The van der Waals surface area contributed by atoms with Gasteiger partial charge in [0.25, 0.3) is 0 Å². The van der Waals surface area contributed by atoms with Crippen LogP contribution in [0.5, 0.6) is 0 Å². The first-order chi connectivity index (χ1) is 13.6. The summed E-state index contributed by atoms with van der Waals surface area (Å²) < 4.78 is 5.75. The Morgan fingerprint density at radius 3 is 2.07 bits per heavy atom. The van der Waals surface area contributed by atoms with Gasteiger partial charge in [-0.05, 0) is 19.8 Å². The van der Waals surface area contributed by atoms with Crippen molar-refractivity contribution >= 4 is 5.91 Å². The van der Waals surface area contributed by atoms with Crippen LogP contribution in [0, 0.1) is 0 Å². The maximum atomic E-state index is 11.9. The van der Waals surface area contributed by atoms with E-state index < -0.39 is 0 Å². The summed E-state index contributed by atoms with van der Waals surface area (Å²) in [5.74, 6) is 0.146. The van der Waals surface area contributed by atoms with Gasteiger partial charge >= 0.3 is 0 Å². The zero-order valence-electron chi connectivity index (χ0n) is 18.5. The van der Waals surface area contributed by atoms with Crippen LogP contribution in [0.3, 0.4) is 0 Å². The van der Waals surface area contributed by atoms with Gasteiger partial charge in [0.2, 0.25) is 5.91 Å². The van der Waals surface area contributed by atoms with Gasteiger partial charge in [0, 0.05) is 32.6 Å². The minimum atomic E-state index is 0.0816. The van der Waals surface area contributed by atoms with E-state index in [2.05, 4.69) is 12.2 Å². The Balaban J connectivity index is 3.49. The van der Waals surface area contributed by atoms with E-state index >= 15 is 0 Å². The molecule has 3 N–H and O–H groups in total. The summed E-state index contributed by atoms with van der Waals surface area (Å²) in [5.41, 5.74) is 0. The number of ether oxygens (including phenoxy) is 1. The lowest BCUT2D eigenvalue weighted by Crippen LogP contribution is -2.34. The molecule has 0 bridgehead atoms. The molecule has 0 aliphatic heterocycles. The molecule has 28 heavy (non-hydrogen) atoms. The van der Waals surface area contributed by atoms with Crippen LogP contribution in [-0.4, -0.2) is 73.1 Å². The highest BCUT2D eigenvalue weighted by molar-refractivity contribution is 5.75. The molecule has 168 valence electrons. The number of nitrogens with one attached hydrogen (secondary N) is 1. The number of nitrogens with zero attached hydrogens (tertiary/aromatic N) is 1. The van der Waals surface area contributed by atoms with E-state index in [1.54, 1.807) is 0 Å². The maximum absolute atomic E-state index is 11.9. The fraction of sp³-hybridized carbons (Fsp3) is 0.955. The summed E-state index contributed by atoms with van der Waals surface area (Å²) in [5, 5.41) is 20.9. The smallest absolute Gasteiger partial charge is 0.219 e. The van der Waals surface area contributed by atoms with Crippen molar-refractivity contribution in [3.8, 4) is 0 Å². The molecule has 0 spiro atoms. The summed E-state index contributed by atoms with van der Waals surface area (Å²) >= 11 is 0. The van der Waals surface area contributed by atoms with E-state index in [-0.39, 0.29) is 25.2 Å². The minimum absolute atomic E-state index is 0.0816. The summed E-state index contributed by atoms with van der Waals surface area (Å²) in [6, 6.07) is 0. The van der Waals surface area contributed by atoms with Gasteiger partial charge in [-0.2, -0.15) is 0 Å². The van der Waals surface area contributed by atoms with Crippen molar-refractivity contribution in [2.75, 3.05) is 46.0 Å². The molecular formula is C22H46N2O4. The molecule has 0 saturated heterocycles. The lowest BCUT2D eigenvalue weighted by Gasteiger charge is -2.21. The average molecular weight is 403 g/mol. The van der Waals surface area contributed by atoms with Gasteiger partial charge in [0.05, 0.1) is 25.9 Å². The third-order valence-corrected chi connectivity index (χ3v) is 5.02. The van der Waals surface area contributed by atoms with Gasteiger partial charge in [-0.15, -0.1) is 0 Å². The number of rotatable bonds is 21. The molecular weight excluding hydrogens is 356 g/mol. The van der Waals surface area contributed by atoms with Crippen LogP contribution >= 0.6 is 0 Å². The van der Waals surface area contributed by atoms with Gasteiger partial charge in [-0.3, -0.25) is 9.69 Å². The quantitative estimate of drug-likeness (QED) is 0.257. The van der Waals surface area contributed by atoms with E-state index in [0.717, 1.165) is 19.3 Å². The Labute approximate surface area is 173 Å². The predicted molar refractivity (Wildman–Crippen MR) is 115 cm³/mol. The Morgan fingerprint density at radius 2 is 1.50 bits per heavy atom. The second kappa shape index (κ2) is 21.0. The maximum Gasteiger partial charge on any atom is 0.219 e. The Bertz CT molecular complexity index is 336. The van der Waals surface area contributed by atoms with E-state index in [4.69, 9.17) is 14.9 Å². The molecule has 0 radical (unpaired) electrons. The molecule has 6 heteroatoms. The molecule has 0 aliphatic carbocycles. The van der Waals surface area contributed by atoms with Crippen molar-refractivity contribution in [3.63, 3.8) is 0 Å². The van der Waals surface area contributed by atoms with Crippen LogP contribution in [0.1, 0.15) is 84.5 Å². The van der Waals surface area contributed by atoms with Crippen LogP contribution in [0.15, 0.2) is 0 Å². The first kappa shape index (κ1) is 27.3. The van der Waals surface area contributed by atoms with Gasteiger partial charge < -0.3 is 20.3 Å². The number of unbranched alkanes of at least 4 members (excludes halogenated alkanes) is 8. The molecule has 0 saturated carbocycles. The lowest BCUT2D eigenvalue weighted by atomic mass is 10.1. The molecule has 1 atom stereocenters. The van der Waals surface area contributed by atoms with Crippen molar-refractivity contribution in [1.82, 2.24) is 10.2 Å². The minimum Gasteiger partial charge on any atom is -0.395 e. The van der Waals surface area contributed by atoms with E-state index in [9.17, 15) is 4.79 Å². The van der Waals surface area contributed by atoms with Crippen molar-refractivity contribution in [2.24, 2.45) is 0 Å². The zero-order valence-corrected chi connectivity index (χ0v) is 18.5. The van der Waals surface area contributed by atoms with Crippen LogP contribution in [0.2, 0.25) is 0 Å². The SMILES string of the molecule is CCCCCCCCCCCC(=O)NCCC(C)OCCN(CCO)CCO. The fourth-order valence-electron chi connectivity index (χ4n) is 3.18. The monoisotopic (exact) mass is 402 g/mol. The van der Waals surface area contributed by atoms with Gasteiger partial charge in [0.15, 0.2) is 0 Å². The van der Waals surface area contributed by atoms with Gasteiger partial charge in [0.1, 0.15) is 0 Å². The second-order valence-electron chi connectivity index (χ2n) is 7.69. The normalized spacial score (nSPS) is 12.5. The first-order valence-corrected chi connectivity index (χ1v) is 11.5. The standard InChI is InChI=1S/C22H46N2O4/c1-3-4-5-6-7-8-9-10-11-12-22(27)23-14-13-21(2)28-20-17-24(15-18-25)16-19-26/h21,25-26H,3-20H2,1-2H3,(H,23,27). The first-order valence-electron chi connectivity index (χ1n) is 11.5. The van der Waals surface area contributed by atoms with Crippen molar-refractivity contribution in [1.29, 1.82) is 0 Å². The topological polar surface area (TPSA) is 82.0 Å². The van der Waals surface area contributed by atoms with E-state index in [1.807, 2.05) is 11.8 Å². The summed E-state index contributed by atoms with van der Waals surface area (Å²) in [7, 11) is 0. The van der Waals surface area contributed by atoms with Crippen LogP contribution in [0.25, 0.3) is 0 Å². The number of amides is 1. The molecule has 1 unspecified atom stereocenters. The highest BCUT2D eigenvalue weighted by Crippen LogP contribution is 2.10. The second-order valence-corrected chi connectivity index (χ2v) is 7.69. The lowest BCUT2D eigenvalue weighted by molar-refractivity contribution is -0.121. The predicted octanol–water partition coefficient (Wildman–Crippen LogP) is 3.11. The van der Waals surface area contributed by atoms with Crippen molar-refractivity contribution in [2.45, 2.75) is 90.6 Å². The molecule has 1 amide bonds. The number of aliphatic hydroxyl groups excluding tert-OH is 2. The van der Waals surface area contributed by atoms with Gasteiger partial charge in [-0.25, -0.2) is 0 Å². The molecule has 0 aromatic carbocycles. The Kier molecular flexibility index (Phi) is 20.5. The molecule has 0 rings (SSSR count). The van der Waals surface area contributed by atoms with E-state index in [1.165, 1.54) is 44.9 Å². The average Bonchev–Trinajstić information content (AvgIpc) is 2.67. The Morgan fingerprint density at radius 1 is 0.929 bits per heavy atom. The highest BCUT2D eigenvalue weighted by atomic mass is 16.5. The number of hydrogen-bond acceptors (Lipinski definition) is 5. The molecule has 6 nitrogen and oxygen atoms in total. The molecule has 0 heterocycles. The fourth-order valence-corrected chi connectivity index (χ4v) is 3.18. The van der Waals surface area contributed by atoms with Gasteiger partial charge in [-0.1, -0.05) is 58.3 Å².